The number of nitrogens with zero attached hydrogens (tertiary/aromatic N) is 1. The summed E-state index contributed by atoms with van der Waals surface area (Å²) in [5.41, 5.74) is 5.35. The first-order chi connectivity index (χ1) is 8.11. The molecule has 0 aromatic heterocycles. The number of nitrogens with two attached hydrogens (primary N) is 1. The lowest BCUT2D eigenvalue weighted by Crippen LogP contribution is -2.35. The number of hydrogen-bond donors (Lipinski definition) is 1. The van der Waals surface area contributed by atoms with Crippen LogP contribution < -0.4 is 5.73 Å². The summed E-state index contributed by atoms with van der Waals surface area (Å²) in [6, 6.07) is 0. The van der Waals surface area contributed by atoms with Gasteiger partial charge in [-0.15, -0.1) is 0 Å². The minimum absolute atomic E-state index is 0.153. The van der Waals surface area contributed by atoms with Crippen molar-refractivity contribution in [2.45, 2.75) is 51.9 Å². The lowest BCUT2D eigenvalue weighted by atomic mass is 10.1. The Hall–Kier alpha value is -0.710. The number of halogens is 2. The van der Waals surface area contributed by atoms with E-state index >= 15 is 0 Å². The third-order valence-corrected chi connectivity index (χ3v) is 2.55. The Kier molecular flexibility index (Phi) is 10.0. The normalized spacial score (nSPS) is 10.9. The van der Waals surface area contributed by atoms with Gasteiger partial charge < -0.3 is 10.6 Å². The van der Waals surface area contributed by atoms with Crippen molar-refractivity contribution in [3.8, 4) is 0 Å². The van der Waals surface area contributed by atoms with Crippen LogP contribution in [-0.4, -0.2) is 36.9 Å². The van der Waals surface area contributed by atoms with Gasteiger partial charge in [-0.05, 0) is 25.8 Å². The highest BCUT2D eigenvalue weighted by atomic mass is 19.3. The third kappa shape index (κ3) is 9.03. The summed E-state index contributed by atoms with van der Waals surface area (Å²) >= 11 is 0. The fraction of sp³-hybridized carbons (Fsp3) is 0.917. The first-order valence-electron chi connectivity index (χ1n) is 6.37. The molecule has 102 valence electrons. The number of alkyl halides is 2. The van der Waals surface area contributed by atoms with E-state index in [1.165, 1.54) is 4.90 Å². The maximum atomic E-state index is 12.2. The Labute approximate surface area is 102 Å². The number of carbonyl (C=O) groups excluding carboxylic acids is 1. The highest BCUT2D eigenvalue weighted by Crippen LogP contribution is 2.07. The monoisotopic (exact) mass is 250 g/mol. The topological polar surface area (TPSA) is 46.3 Å². The second kappa shape index (κ2) is 10.4. The Morgan fingerprint density at radius 2 is 1.88 bits per heavy atom. The van der Waals surface area contributed by atoms with Crippen molar-refractivity contribution in [1.82, 2.24) is 4.90 Å². The van der Waals surface area contributed by atoms with E-state index in [2.05, 4.69) is 0 Å². The number of hydrogen-bond acceptors (Lipinski definition) is 2. The number of unbranched alkanes of at least 4 members (excludes halogenated alkanes) is 3. The fourth-order valence-electron chi connectivity index (χ4n) is 1.69. The molecule has 0 atom stereocenters. The van der Waals surface area contributed by atoms with Crippen molar-refractivity contribution >= 4 is 5.91 Å². The molecule has 3 nitrogen and oxygen atoms in total. The lowest BCUT2D eigenvalue weighted by molar-refractivity contribution is -0.133. The standard InChI is InChI=1S/C12H24F2N2O/c1-2-9-16(10-11(13)14)12(17)7-5-3-4-6-8-15/h11H,2-10,15H2,1H3. The summed E-state index contributed by atoms with van der Waals surface area (Å²) in [6.45, 7) is 2.54. The van der Waals surface area contributed by atoms with Crippen LogP contribution in [0.15, 0.2) is 0 Å². The van der Waals surface area contributed by atoms with Gasteiger partial charge in [-0.3, -0.25) is 4.79 Å². The van der Waals surface area contributed by atoms with Gasteiger partial charge in [0.1, 0.15) is 0 Å². The summed E-state index contributed by atoms with van der Waals surface area (Å²) < 4.78 is 24.5. The average molecular weight is 250 g/mol. The predicted molar refractivity (Wildman–Crippen MR) is 65.0 cm³/mol. The first kappa shape index (κ1) is 16.3. The Bertz CT molecular complexity index is 201. The van der Waals surface area contributed by atoms with Gasteiger partial charge in [-0.2, -0.15) is 0 Å². The number of amides is 1. The first-order valence-corrected chi connectivity index (χ1v) is 6.37. The third-order valence-electron chi connectivity index (χ3n) is 2.55. The molecule has 0 heterocycles. The summed E-state index contributed by atoms with van der Waals surface area (Å²) in [5, 5.41) is 0. The largest absolute Gasteiger partial charge is 0.337 e. The second-order valence-corrected chi connectivity index (χ2v) is 4.18. The molecule has 0 spiro atoms. The molecule has 5 heteroatoms. The fourth-order valence-corrected chi connectivity index (χ4v) is 1.69. The Morgan fingerprint density at radius 1 is 1.24 bits per heavy atom. The second-order valence-electron chi connectivity index (χ2n) is 4.18. The molecule has 0 rings (SSSR count). The summed E-state index contributed by atoms with van der Waals surface area (Å²) in [7, 11) is 0. The van der Waals surface area contributed by atoms with E-state index in [0.29, 0.717) is 25.9 Å². The molecular weight excluding hydrogens is 226 g/mol. The molecule has 1 amide bonds. The van der Waals surface area contributed by atoms with Crippen LogP contribution in [0.4, 0.5) is 8.78 Å². The van der Waals surface area contributed by atoms with Crippen molar-refractivity contribution in [2.24, 2.45) is 5.73 Å². The number of carbonyl (C=O) groups is 1. The van der Waals surface area contributed by atoms with Crippen LogP contribution >= 0.6 is 0 Å². The van der Waals surface area contributed by atoms with Gasteiger partial charge in [0.05, 0.1) is 6.54 Å². The van der Waals surface area contributed by atoms with Gasteiger partial charge in [0.15, 0.2) is 0 Å². The molecule has 2 N–H and O–H groups in total. The van der Waals surface area contributed by atoms with Gasteiger partial charge in [0, 0.05) is 13.0 Å². The quantitative estimate of drug-likeness (QED) is 0.605. The Morgan fingerprint density at radius 3 is 2.41 bits per heavy atom. The van der Waals surface area contributed by atoms with E-state index in [0.717, 1.165) is 25.7 Å². The van der Waals surface area contributed by atoms with Crippen LogP contribution in [0, 0.1) is 0 Å². The van der Waals surface area contributed by atoms with E-state index in [1.807, 2.05) is 6.92 Å². The van der Waals surface area contributed by atoms with E-state index < -0.39 is 13.0 Å². The van der Waals surface area contributed by atoms with Gasteiger partial charge in [-0.1, -0.05) is 19.8 Å². The molecule has 0 fully saturated rings. The van der Waals surface area contributed by atoms with Crippen LogP contribution in [0.5, 0.6) is 0 Å². The zero-order chi connectivity index (χ0) is 13.1. The van der Waals surface area contributed by atoms with Gasteiger partial charge >= 0.3 is 0 Å². The highest BCUT2D eigenvalue weighted by molar-refractivity contribution is 5.76. The van der Waals surface area contributed by atoms with Crippen molar-refractivity contribution < 1.29 is 13.6 Å². The van der Waals surface area contributed by atoms with Crippen molar-refractivity contribution in [1.29, 1.82) is 0 Å². The highest BCUT2D eigenvalue weighted by Gasteiger charge is 2.16. The molecule has 0 aromatic rings. The smallest absolute Gasteiger partial charge is 0.255 e. The van der Waals surface area contributed by atoms with Gasteiger partial charge in [0.2, 0.25) is 5.91 Å². The molecule has 0 aliphatic rings. The average Bonchev–Trinajstić information content (AvgIpc) is 2.27. The van der Waals surface area contributed by atoms with Crippen molar-refractivity contribution in [3.05, 3.63) is 0 Å². The molecule has 0 aliphatic carbocycles. The molecular formula is C12H24F2N2O. The van der Waals surface area contributed by atoms with Crippen LogP contribution in [0.1, 0.15) is 45.4 Å². The molecule has 0 saturated heterocycles. The van der Waals surface area contributed by atoms with E-state index in [1.54, 1.807) is 0 Å². The minimum Gasteiger partial charge on any atom is -0.337 e. The van der Waals surface area contributed by atoms with E-state index in [4.69, 9.17) is 5.73 Å². The van der Waals surface area contributed by atoms with Crippen LogP contribution in [0.2, 0.25) is 0 Å². The predicted octanol–water partition coefficient (Wildman–Crippen LogP) is 2.40. The molecule has 0 saturated carbocycles. The number of rotatable bonds is 10. The lowest BCUT2D eigenvalue weighted by Gasteiger charge is -2.21. The Balaban J connectivity index is 3.80. The van der Waals surface area contributed by atoms with Crippen molar-refractivity contribution in [2.75, 3.05) is 19.6 Å². The molecule has 0 radical (unpaired) electrons. The molecule has 17 heavy (non-hydrogen) atoms. The van der Waals surface area contributed by atoms with Gasteiger partial charge in [0.25, 0.3) is 6.43 Å². The summed E-state index contributed by atoms with van der Waals surface area (Å²) in [6.07, 6.45) is 2.32. The maximum absolute atomic E-state index is 12.2. The maximum Gasteiger partial charge on any atom is 0.255 e. The minimum atomic E-state index is -2.44. The molecule has 0 aromatic carbocycles. The molecule has 0 aliphatic heterocycles. The SMILES string of the molecule is CCCN(CC(F)F)C(=O)CCCCCCN. The van der Waals surface area contributed by atoms with Gasteiger partial charge in [-0.25, -0.2) is 8.78 Å². The zero-order valence-corrected chi connectivity index (χ0v) is 10.6. The van der Waals surface area contributed by atoms with E-state index in [-0.39, 0.29) is 5.91 Å². The summed E-state index contributed by atoms with van der Waals surface area (Å²) in [5.74, 6) is -0.153. The van der Waals surface area contributed by atoms with Crippen LogP contribution in [0.25, 0.3) is 0 Å². The van der Waals surface area contributed by atoms with E-state index in [9.17, 15) is 13.6 Å². The zero-order valence-electron chi connectivity index (χ0n) is 10.6. The molecule has 0 bridgehead atoms. The van der Waals surface area contributed by atoms with Crippen LogP contribution in [-0.2, 0) is 4.79 Å². The van der Waals surface area contributed by atoms with Crippen molar-refractivity contribution in [3.63, 3.8) is 0 Å². The van der Waals surface area contributed by atoms with Crippen LogP contribution in [0.3, 0.4) is 0 Å². The summed E-state index contributed by atoms with van der Waals surface area (Å²) in [4.78, 5) is 12.9. The molecule has 0 unspecified atom stereocenters.